The van der Waals surface area contributed by atoms with Gasteiger partial charge in [-0.15, -0.1) is 0 Å². The Morgan fingerprint density at radius 2 is 1.65 bits per heavy atom. The molecule has 0 saturated carbocycles. The van der Waals surface area contributed by atoms with E-state index in [0.717, 1.165) is 20.6 Å². The third-order valence-electron chi connectivity index (χ3n) is 2.39. The summed E-state index contributed by atoms with van der Waals surface area (Å²) in [6.45, 7) is 1.92. The summed E-state index contributed by atoms with van der Waals surface area (Å²) in [5.74, 6) is -2.12. The molecular weight excluding hydrogens is 226 g/mol. The maximum atomic E-state index is 11.4. The molecule has 0 aromatic rings. The highest BCUT2D eigenvalue weighted by Gasteiger charge is 2.46. The van der Waals surface area contributed by atoms with Crippen molar-refractivity contribution in [3.63, 3.8) is 0 Å². The Balaban J connectivity index is 4.67. The molecule has 6 nitrogen and oxygen atoms in total. The van der Waals surface area contributed by atoms with Crippen LogP contribution >= 0.6 is 0 Å². The van der Waals surface area contributed by atoms with Crippen molar-refractivity contribution in [2.45, 2.75) is 38.2 Å². The van der Waals surface area contributed by atoms with Gasteiger partial charge in [-0.3, -0.25) is 0 Å². The molecule has 0 aliphatic rings. The van der Waals surface area contributed by atoms with E-state index in [-0.39, 0.29) is 12.8 Å². The second-order valence-corrected chi connectivity index (χ2v) is 3.70. The number of rotatable bonds is 7. The first-order valence-corrected chi connectivity index (χ1v) is 5.37. The van der Waals surface area contributed by atoms with Crippen LogP contribution in [0.5, 0.6) is 0 Å². The lowest BCUT2D eigenvalue weighted by Crippen LogP contribution is -2.48. The summed E-state index contributed by atoms with van der Waals surface area (Å²) in [6, 6.07) is 0. The van der Waals surface area contributed by atoms with Crippen LogP contribution in [0.4, 0.5) is 0 Å². The quantitative estimate of drug-likeness (QED) is 0.390. The Morgan fingerprint density at radius 3 is 2.00 bits per heavy atom. The highest BCUT2D eigenvalue weighted by Crippen LogP contribution is 2.18. The van der Waals surface area contributed by atoms with E-state index < -0.39 is 17.5 Å². The van der Waals surface area contributed by atoms with Gasteiger partial charge in [-0.05, 0) is 12.8 Å². The van der Waals surface area contributed by atoms with Crippen LogP contribution in [-0.2, 0) is 19.1 Å². The van der Waals surface area contributed by atoms with Crippen molar-refractivity contribution in [1.82, 2.24) is 0 Å². The van der Waals surface area contributed by atoms with Crippen LogP contribution in [-0.4, -0.2) is 42.6 Å². The second kappa shape index (κ2) is 7.01. The molecule has 0 unspecified atom stereocenters. The van der Waals surface area contributed by atoms with Crippen LogP contribution in [0.1, 0.15) is 32.6 Å². The van der Waals surface area contributed by atoms with Gasteiger partial charge in [-0.1, -0.05) is 13.3 Å². The lowest BCUT2D eigenvalue weighted by atomic mass is 9.95. The first-order chi connectivity index (χ1) is 7.92. The van der Waals surface area contributed by atoms with Crippen LogP contribution < -0.4 is 0 Å². The molecule has 98 valence electrons. The number of aliphatic hydroxyl groups is 1. The highest BCUT2D eigenvalue weighted by molar-refractivity contribution is 6.03. The number of esters is 2. The van der Waals surface area contributed by atoms with Gasteiger partial charge in [-0.2, -0.15) is 0 Å². The molecule has 0 radical (unpaired) electrons. The molecule has 0 atom stereocenters. The molecular formula is C11H19NO5. The fourth-order valence-electron chi connectivity index (χ4n) is 1.38. The number of hydrogen-bond donors (Lipinski definition) is 2. The van der Waals surface area contributed by atoms with Crippen molar-refractivity contribution in [2.24, 2.45) is 0 Å². The summed E-state index contributed by atoms with van der Waals surface area (Å²) in [5.41, 5.74) is -1.94. The van der Waals surface area contributed by atoms with Crippen LogP contribution in [0.2, 0.25) is 0 Å². The summed E-state index contributed by atoms with van der Waals surface area (Å²) in [7, 11) is 2.15. The fourth-order valence-corrected chi connectivity index (χ4v) is 1.38. The van der Waals surface area contributed by atoms with Crippen molar-refractivity contribution in [1.29, 1.82) is 5.41 Å². The Morgan fingerprint density at radius 1 is 1.18 bits per heavy atom. The highest BCUT2D eigenvalue weighted by atomic mass is 16.6. The van der Waals surface area contributed by atoms with Crippen molar-refractivity contribution in [3.05, 3.63) is 0 Å². The second-order valence-electron chi connectivity index (χ2n) is 3.70. The SMILES string of the molecule is CCCC(=N)CCC(O)(C(=O)OC)C(=O)OC. The summed E-state index contributed by atoms with van der Waals surface area (Å²) >= 11 is 0. The monoisotopic (exact) mass is 245 g/mol. The summed E-state index contributed by atoms with van der Waals surface area (Å²) in [5, 5.41) is 17.5. The molecule has 0 heterocycles. The van der Waals surface area contributed by atoms with E-state index in [2.05, 4.69) is 9.47 Å². The minimum atomic E-state index is -2.32. The van der Waals surface area contributed by atoms with Gasteiger partial charge in [0.25, 0.3) is 5.60 Å². The van der Waals surface area contributed by atoms with E-state index in [9.17, 15) is 14.7 Å². The predicted molar refractivity (Wildman–Crippen MR) is 60.9 cm³/mol. The van der Waals surface area contributed by atoms with E-state index in [1.54, 1.807) is 0 Å². The van der Waals surface area contributed by atoms with E-state index >= 15 is 0 Å². The van der Waals surface area contributed by atoms with Gasteiger partial charge >= 0.3 is 11.9 Å². The number of ether oxygens (including phenoxy) is 2. The first kappa shape index (κ1) is 15.6. The van der Waals surface area contributed by atoms with Crippen LogP contribution in [0.25, 0.3) is 0 Å². The summed E-state index contributed by atoms with van der Waals surface area (Å²) in [4.78, 5) is 22.7. The zero-order chi connectivity index (χ0) is 13.5. The zero-order valence-electron chi connectivity index (χ0n) is 10.4. The van der Waals surface area contributed by atoms with Crippen LogP contribution in [0.3, 0.4) is 0 Å². The molecule has 0 rings (SSSR count). The predicted octanol–water partition coefficient (Wildman–Crippen LogP) is 0.664. The zero-order valence-corrected chi connectivity index (χ0v) is 10.4. The summed E-state index contributed by atoms with van der Waals surface area (Å²) in [6.07, 6.45) is 1.31. The maximum absolute atomic E-state index is 11.4. The van der Waals surface area contributed by atoms with Gasteiger partial charge in [-0.25, -0.2) is 9.59 Å². The standard InChI is InChI=1S/C11H19NO5/c1-4-5-8(12)6-7-11(15,9(13)16-2)10(14)17-3/h12,15H,4-7H2,1-3H3. The van der Waals surface area contributed by atoms with Crippen LogP contribution in [0.15, 0.2) is 0 Å². The molecule has 0 aromatic carbocycles. The van der Waals surface area contributed by atoms with Crippen molar-refractivity contribution in [2.75, 3.05) is 14.2 Å². The number of carbonyl (C=O) groups is 2. The third-order valence-corrected chi connectivity index (χ3v) is 2.39. The Bertz CT molecular complexity index is 284. The minimum absolute atomic E-state index is 0.147. The molecule has 0 aromatic heterocycles. The molecule has 0 spiro atoms. The number of carbonyl (C=O) groups excluding carboxylic acids is 2. The average molecular weight is 245 g/mol. The molecule has 0 bridgehead atoms. The van der Waals surface area contributed by atoms with Crippen LogP contribution in [0, 0.1) is 5.41 Å². The van der Waals surface area contributed by atoms with E-state index in [4.69, 9.17) is 5.41 Å². The van der Waals surface area contributed by atoms with Gasteiger partial charge in [0.15, 0.2) is 0 Å². The largest absolute Gasteiger partial charge is 0.466 e. The topological polar surface area (TPSA) is 96.7 Å². The van der Waals surface area contributed by atoms with Gasteiger partial charge in [0.2, 0.25) is 0 Å². The van der Waals surface area contributed by atoms with Crippen molar-refractivity contribution >= 4 is 17.7 Å². The molecule has 0 saturated heterocycles. The molecule has 0 aliphatic heterocycles. The first-order valence-electron chi connectivity index (χ1n) is 5.37. The van der Waals surface area contributed by atoms with E-state index in [1.807, 2.05) is 6.92 Å². The van der Waals surface area contributed by atoms with Gasteiger partial charge in [0.1, 0.15) is 0 Å². The van der Waals surface area contributed by atoms with Crippen molar-refractivity contribution in [3.8, 4) is 0 Å². The lowest BCUT2D eigenvalue weighted by molar-refractivity contribution is -0.180. The number of hydrogen-bond acceptors (Lipinski definition) is 6. The number of methoxy groups -OCH3 is 2. The molecule has 6 heteroatoms. The molecule has 0 fully saturated rings. The van der Waals surface area contributed by atoms with Gasteiger partial charge < -0.3 is 20.0 Å². The molecule has 2 N–H and O–H groups in total. The van der Waals surface area contributed by atoms with E-state index in [0.29, 0.717) is 12.1 Å². The van der Waals surface area contributed by atoms with Gasteiger partial charge in [0.05, 0.1) is 14.2 Å². The Kier molecular flexibility index (Phi) is 6.42. The average Bonchev–Trinajstić information content (AvgIpc) is 2.34. The fraction of sp³-hybridized carbons (Fsp3) is 0.727. The van der Waals surface area contributed by atoms with Crippen molar-refractivity contribution < 1.29 is 24.2 Å². The normalized spacial score (nSPS) is 10.8. The molecule has 17 heavy (non-hydrogen) atoms. The smallest absolute Gasteiger partial charge is 0.349 e. The number of nitrogens with one attached hydrogen (secondary N) is 1. The molecule has 0 amide bonds. The third kappa shape index (κ3) is 4.14. The minimum Gasteiger partial charge on any atom is -0.466 e. The van der Waals surface area contributed by atoms with Gasteiger partial charge in [0, 0.05) is 12.1 Å². The molecule has 0 aliphatic carbocycles. The lowest BCUT2D eigenvalue weighted by Gasteiger charge is -2.22. The Hall–Kier alpha value is -1.43. The van der Waals surface area contributed by atoms with E-state index in [1.165, 1.54) is 0 Å². The Labute approximate surface area is 100 Å². The maximum Gasteiger partial charge on any atom is 0.349 e. The summed E-state index contributed by atoms with van der Waals surface area (Å²) < 4.78 is 8.74.